The van der Waals surface area contributed by atoms with Crippen LogP contribution in [0.5, 0.6) is 0 Å². The fourth-order valence-corrected chi connectivity index (χ4v) is 1.93. The first kappa shape index (κ1) is 16.2. The molecule has 0 saturated heterocycles. The molecule has 17 heavy (non-hydrogen) atoms. The summed E-state index contributed by atoms with van der Waals surface area (Å²) in [4.78, 5) is 12.3. The second-order valence-corrected chi connectivity index (χ2v) is 5.47. The van der Waals surface area contributed by atoms with Crippen LogP contribution in [-0.2, 0) is 4.79 Å². The van der Waals surface area contributed by atoms with Gasteiger partial charge < -0.3 is 5.11 Å². The van der Waals surface area contributed by atoms with Crippen molar-refractivity contribution in [2.45, 2.75) is 67.2 Å². The fourth-order valence-electron chi connectivity index (χ4n) is 1.93. The summed E-state index contributed by atoms with van der Waals surface area (Å²) in [6.07, 6.45) is 4.76. The van der Waals surface area contributed by atoms with E-state index in [-0.39, 0.29) is 22.4 Å². The van der Waals surface area contributed by atoms with E-state index in [0.717, 1.165) is 25.7 Å². The SMILES string of the molecule is CCC(C)(C)C(O)=CC(=O)C(CC)(CC)CC. The summed E-state index contributed by atoms with van der Waals surface area (Å²) in [5.74, 6) is 0.286. The Balaban J connectivity index is 5.13. The van der Waals surface area contributed by atoms with Crippen molar-refractivity contribution < 1.29 is 9.90 Å². The second-order valence-electron chi connectivity index (χ2n) is 5.47. The van der Waals surface area contributed by atoms with Crippen molar-refractivity contribution >= 4 is 5.78 Å². The fraction of sp³-hybridized carbons (Fsp3) is 0.800. The number of hydrogen-bond donors (Lipinski definition) is 1. The van der Waals surface area contributed by atoms with Gasteiger partial charge in [0.1, 0.15) is 5.76 Å². The van der Waals surface area contributed by atoms with E-state index in [1.54, 1.807) is 0 Å². The Labute approximate surface area is 106 Å². The average Bonchev–Trinajstić information content (AvgIpc) is 2.32. The molecule has 100 valence electrons. The molecule has 1 N–H and O–H groups in total. The third-order valence-corrected chi connectivity index (χ3v) is 4.40. The van der Waals surface area contributed by atoms with Crippen LogP contribution in [0, 0.1) is 10.8 Å². The molecule has 0 bridgehead atoms. The molecule has 0 rings (SSSR count). The van der Waals surface area contributed by atoms with Crippen molar-refractivity contribution in [2.24, 2.45) is 10.8 Å². The average molecular weight is 240 g/mol. The Morgan fingerprint density at radius 1 is 1.00 bits per heavy atom. The molecule has 0 radical (unpaired) electrons. The number of ketones is 1. The highest BCUT2D eigenvalue weighted by atomic mass is 16.3. The summed E-state index contributed by atoms with van der Waals surface area (Å²) in [6.45, 7) is 12.1. The number of carbonyl (C=O) groups excluding carboxylic acids is 1. The zero-order chi connectivity index (χ0) is 13.7. The molecule has 2 nitrogen and oxygen atoms in total. The zero-order valence-electron chi connectivity index (χ0n) is 12.3. The largest absolute Gasteiger partial charge is 0.512 e. The molecule has 0 aliphatic rings. The molecular weight excluding hydrogens is 212 g/mol. The van der Waals surface area contributed by atoms with Gasteiger partial charge in [0.2, 0.25) is 0 Å². The first-order valence-electron chi connectivity index (χ1n) is 6.75. The summed E-state index contributed by atoms with van der Waals surface area (Å²) < 4.78 is 0. The molecule has 0 aromatic rings. The van der Waals surface area contributed by atoms with E-state index in [1.807, 2.05) is 41.5 Å². The lowest BCUT2D eigenvalue weighted by Crippen LogP contribution is -2.29. The number of rotatable bonds is 7. The van der Waals surface area contributed by atoms with Gasteiger partial charge in [-0.05, 0) is 25.7 Å². The predicted octanol–water partition coefficient (Wildman–Crippen LogP) is 4.65. The predicted molar refractivity (Wildman–Crippen MR) is 73.1 cm³/mol. The molecule has 0 heterocycles. The van der Waals surface area contributed by atoms with Gasteiger partial charge in [-0.2, -0.15) is 0 Å². The van der Waals surface area contributed by atoms with Crippen LogP contribution in [0.3, 0.4) is 0 Å². The van der Waals surface area contributed by atoms with Gasteiger partial charge in [-0.15, -0.1) is 0 Å². The van der Waals surface area contributed by atoms with E-state index in [1.165, 1.54) is 6.08 Å². The van der Waals surface area contributed by atoms with Gasteiger partial charge >= 0.3 is 0 Å². The Kier molecular flexibility index (Phi) is 5.94. The summed E-state index contributed by atoms with van der Waals surface area (Å²) in [5, 5.41) is 10.0. The van der Waals surface area contributed by atoms with Crippen molar-refractivity contribution in [1.82, 2.24) is 0 Å². The molecule has 0 aliphatic heterocycles. The molecule has 0 aliphatic carbocycles. The number of carbonyl (C=O) groups is 1. The molecule has 2 heteroatoms. The second kappa shape index (κ2) is 6.23. The zero-order valence-corrected chi connectivity index (χ0v) is 12.3. The van der Waals surface area contributed by atoms with Crippen LogP contribution in [0.2, 0.25) is 0 Å². The monoisotopic (exact) mass is 240 g/mol. The number of aliphatic hydroxyl groups excluding tert-OH is 1. The van der Waals surface area contributed by atoms with E-state index in [2.05, 4.69) is 0 Å². The van der Waals surface area contributed by atoms with E-state index in [9.17, 15) is 9.90 Å². The van der Waals surface area contributed by atoms with Gasteiger partial charge in [-0.1, -0.05) is 41.5 Å². The van der Waals surface area contributed by atoms with Crippen LogP contribution in [0.25, 0.3) is 0 Å². The van der Waals surface area contributed by atoms with Crippen molar-refractivity contribution in [3.8, 4) is 0 Å². The van der Waals surface area contributed by atoms with Gasteiger partial charge in [-0.25, -0.2) is 0 Å². The van der Waals surface area contributed by atoms with Crippen molar-refractivity contribution in [2.75, 3.05) is 0 Å². The van der Waals surface area contributed by atoms with Crippen molar-refractivity contribution in [3.63, 3.8) is 0 Å². The topological polar surface area (TPSA) is 37.3 Å². The lowest BCUT2D eigenvalue weighted by molar-refractivity contribution is -0.124. The minimum atomic E-state index is -0.309. The van der Waals surface area contributed by atoms with Gasteiger partial charge in [-0.3, -0.25) is 4.79 Å². The van der Waals surface area contributed by atoms with Gasteiger partial charge in [0.05, 0.1) is 0 Å². The Bertz CT molecular complexity index is 275. The Morgan fingerprint density at radius 2 is 1.41 bits per heavy atom. The number of hydrogen-bond acceptors (Lipinski definition) is 2. The van der Waals surface area contributed by atoms with Crippen LogP contribution < -0.4 is 0 Å². The van der Waals surface area contributed by atoms with Crippen LogP contribution in [-0.4, -0.2) is 10.9 Å². The summed E-state index contributed by atoms with van der Waals surface area (Å²) in [5.41, 5.74) is -0.603. The highest BCUT2D eigenvalue weighted by molar-refractivity contribution is 5.95. The van der Waals surface area contributed by atoms with E-state index in [0.29, 0.717) is 0 Å². The molecule has 0 aromatic carbocycles. The van der Waals surface area contributed by atoms with E-state index < -0.39 is 0 Å². The Morgan fingerprint density at radius 3 is 1.71 bits per heavy atom. The van der Waals surface area contributed by atoms with Gasteiger partial charge in [0.15, 0.2) is 5.78 Å². The maximum Gasteiger partial charge on any atom is 0.165 e. The third kappa shape index (κ3) is 3.58. The molecule has 0 saturated carbocycles. The number of aliphatic hydroxyl groups is 1. The number of allylic oxidation sites excluding steroid dienone is 2. The summed E-state index contributed by atoms with van der Waals surface area (Å²) in [6, 6.07) is 0. The lowest BCUT2D eigenvalue weighted by Gasteiger charge is -2.28. The van der Waals surface area contributed by atoms with Crippen LogP contribution >= 0.6 is 0 Å². The normalized spacial score (nSPS) is 13.9. The van der Waals surface area contributed by atoms with Gasteiger partial charge in [0, 0.05) is 16.9 Å². The summed E-state index contributed by atoms with van der Waals surface area (Å²) in [7, 11) is 0. The maximum absolute atomic E-state index is 12.3. The van der Waals surface area contributed by atoms with Crippen molar-refractivity contribution in [3.05, 3.63) is 11.8 Å². The smallest absolute Gasteiger partial charge is 0.165 e. The third-order valence-electron chi connectivity index (χ3n) is 4.40. The quantitative estimate of drug-likeness (QED) is 0.519. The van der Waals surface area contributed by atoms with E-state index in [4.69, 9.17) is 0 Å². The molecule has 0 atom stereocenters. The van der Waals surface area contributed by atoms with Crippen LogP contribution in [0.4, 0.5) is 0 Å². The maximum atomic E-state index is 12.3. The first-order valence-corrected chi connectivity index (χ1v) is 6.75. The van der Waals surface area contributed by atoms with Crippen molar-refractivity contribution in [1.29, 1.82) is 0 Å². The summed E-state index contributed by atoms with van der Waals surface area (Å²) >= 11 is 0. The van der Waals surface area contributed by atoms with Crippen LogP contribution in [0.1, 0.15) is 67.2 Å². The standard InChI is InChI=1S/C15H28O2/c1-7-14(5,6)12(16)11-13(17)15(8-2,9-3)10-4/h11,16H,7-10H2,1-6H3. The minimum absolute atomic E-state index is 0.0732. The van der Waals surface area contributed by atoms with E-state index >= 15 is 0 Å². The molecule has 0 unspecified atom stereocenters. The molecular formula is C15H28O2. The molecule has 0 spiro atoms. The minimum Gasteiger partial charge on any atom is -0.512 e. The highest BCUT2D eigenvalue weighted by Crippen LogP contribution is 2.34. The highest BCUT2D eigenvalue weighted by Gasteiger charge is 2.32. The van der Waals surface area contributed by atoms with Gasteiger partial charge in [0.25, 0.3) is 0 Å². The molecule has 0 amide bonds. The molecule has 0 aromatic heterocycles. The van der Waals surface area contributed by atoms with Crippen LogP contribution in [0.15, 0.2) is 11.8 Å². The Hall–Kier alpha value is -0.790. The lowest BCUT2D eigenvalue weighted by atomic mass is 9.75. The first-order chi connectivity index (χ1) is 7.79. The molecule has 0 fully saturated rings.